The molecule has 1 heterocycles. The van der Waals surface area contributed by atoms with E-state index in [-0.39, 0.29) is 0 Å². The summed E-state index contributed by atoms with van der Waals surface area (Å²) < 4.78 is 0. The van der Waals surface area contributed by atoms with Gasteiger partial charge in [0, 0.05) is 12.6 Å². The molecule has 0 spiro atoms. The molecule has 1 aliphatic rings. The van der Waals surface area contributed by atoms with Crippen LogP contribution in [0.5, 0.6) is 0 Å². The van der Waals surface area contributed by atoms with Gasteiger partial charge >= 0.3 is 0 Å². The first kappa shape index (κ1) is 13.0. The Morgan fingerprint density at radius 1 is 1.20 bits per heavy atom. The quantitative estimate of drug-likeness (QED) is 0.653. The van der Waals surface area contributed by atoms with E-state index in [2.05, 4.69) is 24.1 Å². The van der Waals surface area contributed by atoms with Crippen LogP contribution in [0.15, 0.2) is 0 Å². The highest BCUT2D eigenvalue weighted by molar-refractivity contribution is 4.75. The molecular weight excluding hydrogens is 184 g/mol. The zero-order chi connectivity index (χ0) is 10.9. The number of piperidine rings is 1. The minimum Gasteiger partial charge on any atom is -0.313 e. The lowest BCUT2D eigenvalue weighted by atomic mass is 10.0. The van der Waals surface area contributed by atoms with Gasteiger partial charge in [-0.2, -0.15) is 0 Å². The number of rotatable bonds is 7. The highest BCUT2D eigenvalue weighted by atomic mass is 15.1. The van der Waals surface area contributed by atoms with Gasteiger partial charge in [-0.15, -0.1) is 0 Å². The Kier molecular flexibility index (Phi) is 7.03. The maximum absolute atomic E-state index is 3.63. The lowest BCUT2D eigenvalue weighted by Gasteiger charge is -2.29. The summed E-state index contributed by atoms with van der Waals surface area (Å²) in [5.41, 5.74) is 0. The molecule has 0 amide bonds. The average molecular weight is 212 g/mol. The van der Waals surface area contributed by atoms with Crippen LogP contribution in [0, 0.1) is 0 Å². The topological polar surface area (TPSA) is 15.3 Å². The minimum absolute atomic E-state index is 0.764. The fourth-order valence-electron chi connectivity index (χ4n) is 2.36. The Balaban J connectivity index is 2.13. The molecule has 1 rings (SSSR count). The Morgan fingerprint density at radius 3 is 2.67 bits per heavy atom. The maximum atomic E-state index is 3.63. The van der Waals surface area contributed by atoms with Crippen LogP contribution in [0.1, 0.15) is 52.4 Å². The van der Waals surface area contributed by atoms with Crippen LogP contribution in [-0.2, 0) is 0 Å². The van der Waals surface area contributed by atoms with E-state index < -0.39 is 0 Å². The maximum Gasteiger partial charge on any atom is 0.0195 e. The van der Waals surface area contributed by atoms with E-state index in [0.29, 0.717) is 0 Å². The van der Waals surface area contributed by atoms with Gasteiger partial charge in [-0.3, -0.25) is 0 Å². The molecule has 1 N–H and O–H groups in total. The van der Waals surface area contributed by atoms with Gasteiger partial charge in [-0.05, 0) is 38.9 Å². The van der Waals surface area contributed by atoms with Crippen LogP contribution in [0.4, 0.5) is 0 Å². The van der Waals surface area contributed by atoms with Gasteiger partial charge in [-0.25, -0.2) is 0 Å². The Labute approximate surface area is 95.4 Å². The van der Waals surface area contributed by atoms with Gasteiger partial charge in [0.15, 0.2) is 0 Å². The standard InChI is InChI=1S/C13H28N2/c1-3-5-8-11-15(4-2)12-13-9-6-7-10-14-13/h13-14H,3-12H2,1-2H3. The van der Waals surface area contributed by atoms with Crippen molar-refractivity contribution in [1.82, 2.24) is 10.2 Å². The average Bonchev–Trinajstić information content (AvgIpc) is 2.29. The number of likely N-dealkylation sites (N-methyl/N-ethyl adjacent to an activating group) is 1. The molecule has 0 aliphatic carbocycles. The molecule has 1 aliphatic heterocycles. The van der Waals surface area contributed by atoms with Crippen molar-refractivity contribution in [3.63, 3.8) is 0 Å². The first-order valence-corrected chi connectivity index (χ1v) is 6.82. The Bertz CT molecular complexity index is 141. The molecule has 0 aromatic rings. The molecule has 1 atom stereocenters. The van der Waals surface area contributed by atoms with E-state index in [4.69, 9.17) is 0 Å². The third-order valence-electron chi connectivity index (χ3n) is 3.42. The second-order valence-corrected chi connectivity index (χ2v) is 4.75. The van der Waals surface area contributed by atoms with Gasteiger partial charge in [-0.1, -0.05) is 33.1 Å². The number of hydrogen-bond acceptors (Lipinski definition) is 2. The van der Waals surface area contributed by atoms with E-state index in [1.54, 1.807) is 0 Å². The SMILES string of the molecule is CCCCCN(CC)CC1CCCCN1. The van der Waals surface area contributed by atoms with E-state index in [1.165, 1.54) is 64.7 Å². The molecule has 90 valence electrons. The van der Waals surface area contributed by atoms with Gasteiger partial charge in [0.05, 0.1) is 0 Å². The van der Waals surface area contributed by atoms with E-state index >= 15 is 0 Å². The van der Waals surface area contributed by atoms with E-state index in [9.17, 15) is 0 Å². The molecule has 2 heteroatoms. The normalized spacial score (nSPS) is 22.2. The fourth-order valence-corrected chi connectivity index (χ4v) is 2.36. The third-order valence-corrected chi connectivity index (χ3v) is 3.42. The molecule has 2 nitrogen and oxygen atoms in total. The van der Waals surface area contributed by atoms with Crippen molar-refractivity contribution in [1.29, 1.82) is 0 Å². The molecular formula is C13H28N2. The lowest BCUT2D eigenvalue weighted by Crippen LogP contribution is -2.43. The largest absolute Gasteiger partial charge is 0.313 e. The van der Waals surface area contributed by atoms with Gasteiger partial charge in [0.25, 0.3) is 0 Å². The molecule has 15 heavy (non-hydrogen) atoms. The second-order valence-electron chi connectivity index (χ2n) is 4.75. The molecule has 0 aromatic heterocycles. The van der Waals surface area contributed by atoms with Crippen molar-refractivity contribution in [2.75, 3.05) is 26.2 Å². The highest BCUT2D eigenvalue weighted by Gasteiger charge is 2.15. The van der Waals surface area contributed by atoms with E-state index in [1.807, 2.05) is 0 Å². The summed E-state index contributed by atoms with van der Waals surface area (Å²) in [5.74, 6) is 0. The van der Waals surface area contributed by atoms with Crippen molar-refractivity contribution in [3.8, 4) is 0 Å². The highest BCUT2D eigenvalue weighted by Crippen LogP contribution is 2.09. The Morgan fingerprint density at radius 2 is 2.07 bits per heavy atom. The zero-order valence-corrected chi connectivity index (χ0v) is 10.6. The molecule has 1 unspecified atom stereocenters. The summed E-state index contributed by atoms with van der Waals surface area (Å²) in [4.78, 5) is 2.61. The molecule has 0 radical (unpaired) electrons. The molecule has 0 saturated carbocycles. The van der Waals surface area contributed by atoms with Crippen molar-refractivity contribution in [2.24, 2.45) is 0 Å². The Hall–Kier alpha value is -0.0800. The van der Waals surface area contributed by atoms with Crippen molar-refractivity contribution in [3.05, 3.63) is 0 Å². The summed E-state index contributed by atoms with van der Waals surface area (Å²) in [7, 11) is 0. The van der Waals surface area contributed by atoms with Gasteiger partial charge in [0.1, 0.15) is 0 Å². The number of unbranched alkanes of at least 4 members (excludes halogenated alkanes) is 2. The van der Waals surface area contributed by atoms with E-state index in [0.717, 1.165) is 6.04 Å². The van der Waals surface area contributed by atoms with Gasteiger partial charge in [0.2, 0.25) is 0 Å². The molecule has 0 aromatic carbocycles. The number of nitrogens with zero attached hydrogens (tertiary/aromatic N) is 1. The fraction of sp³-hybridized carbons (Fsp3) is 1.00. The molecule has 1 saturated heterocycles. The zero-order valence-electron chi connectivity index (χ0n) is 10.6. The summed E-state index contributed by atoms with van der Waals surface area (Å²) >= 11 is 0. The minimum atomic E-state index is 0.764. The van der Waals surface area contributed by atoms with Crippen LogP contribution in [0.25, 0.3) is 0 Å². The summed E-state index contributed by atoms with van der Waals surface area (Å²) in [6.45, 7) is 9.57. The summed E-state index contributed by atoms with van der Waals surface area (Å²) in [6, 6.07) is 0.764. The van der Waals surface area contributed by atoms with Crippen LogP contribution < -0.4 is 5.32 Å². The monoisotopic (exact) mass is 212 g/mol. The van der Waals surface area contributed by atoms with Crippen molar-refractivity contribution in [2.45, 2.75) is 58.4 Å². The first-order valence-electron chi connectivity index (χ1n) is 6.82. The van der Waals surface area contributed by atoms with Crippen LogP contribution in [0.3, 0.4) is 0 Å². The molecule has 1 fully saturated rings. The number of hydrogen-bond donors (Lipinski definition) is 1. The number of nitrogens with one attached hydrogen (secondary N) is 1. The first-order chi connectivity index (χ1) is 7.36. The van der Waals surface area contributed by atoms with Crippen molar-refractivity contribution < 1.29 is 0 Å². The third kappa shape index (κ3) is 5.53. The second kappa shape index (κ2) is 8.12. The molecule has 0 bridgehead atoms. The predicted molar refractivity (Wildman–Crippen MR) is 67.3 cm³/mol. The van der Waals surface area contributed by atoms with Crippen LogP contribution in [0.2, 0.25) is 0 Å². The smallest absolute Gasteiger partial charge is 0.0195 e. The summed E-state index contributed by atoms with van der Waals surface area (Å²) in [5, 5.41) is 3.63. The predicted octanol–water partition coefficient (Wildman–Crippen LogP) is 2.64. The lowest BCUT2D eigenvalue weighted by molar-refractivity contribution is 0.229. The van der Waals surface area contributed by atoms with Crippen LogP contribution in [-0.4, -0.2) is 37.1 Å². The van der Waals surface area contributed by atoms with Crippen LogP contribution >= 0.6 is 0 Å². The van der Waals surface area contributed by atoms with Gasteiger partial charge < -0.3 is 10.2 Å². The van der Waals surface area contributed by atoms with Crippen molar-refractivity contribution >= 4 is 0 Å². The summed E-state index contributed by atoms with van der Waals surface area (Å²) in [6.07, 6.45) is 8.26.